The standard InChI is InChI=1S/C11H14FNO3/c1-7(11(15)16)13-6-10(14)8-2-4-9(12)5-3-8/h2-5,7,10,13-14H,6H2,1H3,(H,15,16). The van der Waals surface area contributed by atoms with Crippen molar-refractivity contribution >= 4 is 5.97 Å². The molecule has 0 aliphatic heterocycles. The van der Waals surface area contributed by atoms with Crippen LogP contribution < -0.4 is 5.32 Å². The van der Waals surface area contributed by atoms with Gasteiger partial charge in [0.05, 0.1) is 6.10 Å². The Kier molecular flexibility index (Phi) is 4.39. The molecule has 0 saturated carbocycles. The molecule has 3 N–H and O–H groups in total. The van der Waals surface area contributed by atoms with Gasteiger partial charge >= 0.3 is 5.97 Å². The van der Waals surface area contributed by atoms with Crippen LogP contribution in [-0.2, 0) is 4.79 Å². The minimum absolute atomic E-state index is 0.110. The summed E-state index contributed by atoms with van der Waals surface area (Å²) in [6.45, 7) is 1.60. The van der Waals surface area contributed by atoms with Gasteiger partial charge in [0, 0.05) is 6.54 Å². The molecule has 0 aromatic heterocycles. The summed E-state index contributed by atoms with van der Waals surface area (Å²) < 4.78 is 12.6. The molecule has 0 aliphatic carbocycles. The van der Waals surface area contributed by atoms with Gasteiger partial charge in [-0.05, 0) is 24.6 Å². The molecule has 0 heterocycles. The van der Waals surface area contributed by atoms with Gasteiger partial charge in [-0.3, -0.25) is 4.79 Å². The second kappa shape index (κ2) is 5.58. The number of nitrogens with one attached hydrogen (secondary N) is 1. The average molecular weight is 227 g/mol. The highest BCUT2D eigenvalue weighted by atomic mass is 19.1. The van der Waals surface area contributed by atoms with Crippen molar-refractivity contribution in [3.63, 3.8) is 0 Å². The summed E-state index contributed by atoms with van der Waals surface area (Å²) >= 11 is 0. The number of hydrogen-bond acceptors (Lipinski definition) is 3. The maximum atomic E-state index is 12.6. The van der Waals surface area contributed by atoms with Crippen molar-refractivity contribution in [3.8, 4) is 0 Å². The molecule has 0 amide bonds. The Hall–Kier alpha value is -1.46. The summed E-state index contributed by atoms with van der Waals surface area (Å²) in [7, 11) is 0. The molecule has 0 spiro atoms. The first kappa shape index (κ1) is 12.6. The number of hydrogen-bond donors (Lipinski definition) is 3. The Balaban J connectivity index is 2.49. The number of benzene rings is 1. The molecule has 1 aromatic carbocycles. The number of carboxylic acid groups (broad SMARTS) is 1. The molecule has 5 heteroatoms. The number of aliphatic carboxylic acids is 1. The van der Waals surface area contributed by atoms with E-state index in [-0.39, 0.29) is 12.4 Å². The van der Waals surface area contributed by atoms with E-state index >= 15 is 0 Å². The Morgan fingerprint density at radius 2 is 2.00 bits per heavy atom. The quantitative estimate of drug-likeness (QED) is 0.699. The molecular weight excluding hydrogens is 213 g/mol. The molecule has 88 valence electrons. The second-order valence-corrected chi connectivity index (χ2v) is 3.54. The Bertz CT molecular complexity index is 353. The van der Waals surface area contributed by atoms with Gasteiger partial charge in [0.2, 0.25) is 0 Å². The lowest BCUT2D eigenvalue weighted by Gasteiger charge is -2.14. The predicted octanol–water partition coefficient (Wildman–Crippen LogP) is 0.922. The smallest absolute Gasteiger partial charge is 0.320 e. The van der Waals surface area contributed by atoms with Crippen LogP contribution in [0, 0.1) is 5.82 Å². The highest BCUT2D eigenvalue weighted by Crippen LogP contribution is 2.12. The highest BCUT2D eigenvalue weighted by Gasteiger charge is 2.13. The third-order valence-corrected chi connectivity index (χ3v) is 2.24. The highest BCUT2D eigenvalue weighted by molar-refractivity contribution is 5.72. The zero-order chi connectivity index (χ0) is 12.1. The van der Waals surface area contributed by atoms with Crippen LogP contribution in [0.4, 0.5) is 4.39 Å². The van der Waals surface area contributed by atoms with E-state index in [4.69, 9.17) is 5.11 Å². The van der Waals surface area contributed by atoms with E-state index in [1.165, 1.54) is 31.2 Å². The molecule has 1 aromatic rings. The van der Waals surface area contributed by atoms with Gasteiger partial charge in [0.15, 0.2) is 0 Å². The van der Waals surface area contributed by atoms with Gasteiger partial charge in [-0.25, -0.2) is 4.39 Å². The largest absolute Gasteiger partial charge is 0.480 e. The second-order valence-electron chi connectivity index (χ2n) is 3.54. The number of carbonyl (C=O) groups is 1. The predicted molar refractivity (Wildman–Crippen MR) is 56.5 cm³/mol. The minimum Gasteiger partial charge on any atom is -0.480 e. The normalized spacial score (nSPS) is 14.4. The summed E-state index contributed by atoms with van der Waals surface area (Å²) in [6.07, 6.45) is -0.845. The molecule has 2 atom stereocenters. The molecule has 2 unspecified atom stereocenters. The van der Waals surface area contributed by atoms with Crippen molar-refractivity contribution in [2.45, 2.75) is 19.1 Å². The van der Waals surface area contributed by atoms with E-state index in [2.05, 4.69) is 5.32 Å². The summed E-state index contributed by atoms with van der Waals surface area (Å²) in [5.41, 5.74) is 0.548. The third kappa shape index (κ3) is 3.60. The van der Waals surface area contributed by atoms with Gasteiger partial charge in [-0.2, -0.15) is 0 Å². The van der Waals surface area contributed by atoms with Crippen LogP contribution in [0.1, 0.15) is 18.6 Å². The van der Waals surface area contributed by atoms with E-state index < -0.39 is 18.1 Å². The van der Waals surface area contributed by atoms with Crippen LogP contribution in [0.15, 0.2) is 24.3 Å². The van der Waals surface area contributed by atoms with Crippen LogP contribution in [0.2, 0.25) is 0 Å². The van der Waals surface area contributed by atoms with Crippen LogP contribution in [-0.4, -0.2) is 28.8 Å². The molecule has 0 fully saturated rings. The summed E-state index contributed by atoms with van der Waals surface area (Å²) in [6, 6.07) is 4.70. The fourth-order valence-corrected chi connectivity index (χ4v) is 1.18. The minimum atomic E-state index is -0.980. The molecule has 16 heavy (non-hydrogen) atoms. The third-order valence-electron chi connectivity index (χ3n) is 2.24. The lowest BCUT2D eigenvalue weighted by Crippen LogP contribution is -2.36. The SMILES string of the molecule is CC(NCC(O)c1ccc(F)cc1)C(=O)O. The Morgan fingerprint density at radius 3 is 2.50 bits per heavy atom. The average Bonchev–Trinajstić information content (AvgIpc) is 2.26. The number of halogens is 1. The van der Waals surface area contributed by atoms with E-state index in [1.807, 2.05) is 0 Å². The monoisotopic (exact) mass is 227 g/mol. The van der Waals surface area contributed by atoms with Crippen molar-refractivity contribution in [1.29, 1.82) is 0 Å². The first-order valence-corrected chi connectivity index (χ1v) is 4.90. The van der Waals surface area contributed by atoms with Crippen LogP contribution >= 0.6 is 0 Å². The van der Waals surface area contributed by atoms with Gasteiger partial charge in [-0.15, -0.1) is 0 Å². The number of aliphatic hydroxyl groups excluding tert-OH is 1. The fourth-order valence-electron chi connectivity index (χ4n) is 1.18. The number of aliphatic hydroxyl groups is 1. The van der Waals surface area contributed by atoms with Gasteiger partial charge in [0.25, 0.3) is 0 Å². The maximum absolute atomic E-state index is 12.6. The number of rotatable bonds is 5. The van der Waals surface area contributed by atoms with E-state index in [0.29, 0.717) is 5.56 Å². The summed E-state index contributed by atoms with van der Waals surface area (Å²) in [5, 5.41) is 20.9. The van der Waals surface area contributed by atoms with E-state index in [9.17, 15) is 14.3 Å². The molecule has 1 rings (SSSR count). The van der Waals surface area contributed by atoms with Crippen molar-refractivity contribution < 1.29 is 19.4 Å². The molecule has 0 aliphatic rings. The van der Waals surface area contributed by atoms with Crippen LogP contribution in [0.3, 0.4) is 0 Å². The summed E-state index contributed by atoms with van der Waals surface area (Å²) in [4.78, 5) is 10.5. The van der Waals surface area contributed by atoms with Crippen molar-refractivity contribution in [2.75, 3.05) is 6.54 Å². The lowest BCUT2D eigenvalue weighted by atomic mass is 10.1. The number of carboxylic acids is 1. The van der Waals surface area contributed by atoms with Crippen molar-refractivity contribution in [3.05, 3.63) is 35.6 Å². The lowest BCUT2D eigenvalue weighted by molar-refractivity contribution is -0.139. The summed E-state index contributed by atoms with van der Waals surface area (Å²) in [5.74, 6) is -1.35. The maximum Gasteiger partial charge on any atom is 0.320 e. The molecular formula is C11H14FNO3. The fraction of sp³-hybridized carbons (Fsp3) is 0.364. The topological polar surface area (TPSA) is 69.6 Å². The first-order valence-electron chi connectivity index (χ1n) is 4.90. The van der Waals surface area contributed by atoms with Gasteiger partial charge < -0.3 is 15.5 Å². The van der Waals surface area contributed by atoms with Crippen molar-refractivity contribution in [1.82, 2.24) is 5.32 Å². The van der Waals surface area contributed by atoms with Gasteiger partial charge in [0.1, 0.15) is 11.9 Å². The zero-order valence-corrected chi connectivity index (χ0v) is 8.85. The van der Waals surface area contributed by atoms with E-state index in [1.54, 1.807) is 0 Å². The Morgan fingerprint density at radius 1 is 1.44 bits per heavy atom. The molecule has 0 saturated heterocycles. The first-order chi connectivity index (χ1) is 7.50. The molecule has 0 bridgehead atoms. The molecule has 4 nitrogen and oxygen atoms in total. The van der Waals surface area contributed by atoms with Gasteiger partial charge in [-0.1, -0.05) is 12.1 Å². The van der Waals surface area contributed by atoms with Crippen molar-refractivity contribution in [2.24, 2.45) is 0 Å². The van der Waals surface area contributed by atoms with Crippen LogP contribution in [0.5, 0.6) is 0 Å². The zero-order valence-electron chi connectivity index (χ0n) is 8.85. The molecule has 0 radical (unpaired) electrons. The Labute approximate surface area is 92.7 Å². The van der Waals surface area contributed by atoms with E-state index in [0.717, 1.165) is 0 Å². The van der Waals surface area contributed by atoms with Crippen LogP contribution in [0.25, 0.3) is 0 Å².